The maximum absolute atomic E-state index is 9.03. The lowest BCUT2D eigenvalue weighted by molar-refractivity contribution is 0.122. The Hall–Kier alpha value is -4.09. The van der Waals surface area contributed by atoms with Crippen LogP contribution in [0.2, 0.25) is 0 Å². The van der Waals surface area contributed by atoms with Crippen LogP contribution >= 0.6 is 22.6 Å². The van der Waals surface area contributed by atoms with Crippen LogP contribution in [0.1, 0.15) is 66.6 Å². The van der Waals surface area contributed by atoms with Crippen molar-refractivity contribution in [2.45, 2.75) is 66.8 Å². The molecule has 2 fully saturated rings. The molecule has 4 aliphatic rings. The zero-order valence-electron chi connectivity index (χ0n) is 33.2. The number of pyridine rings is 2. The summed E-state index contributed by atoms with van der Waals surface area (Å²) in [7, 11) is -1.44. The van der Waals surface area contributed by atoms with Crippen LogP contribution in [-0.4, -0.2) is 101 Å². The minimum atomic E-state index is -1.44. The largest absolute Gasteiger partial charge is 0.491 e. The van der Waals surface area contributed by atoms with E-state index in [0.29, 0.717) is 18.7 Å². The van der Waals surface area contributed by atoms with Crippen LogP contribution in [0, 0.1) is 13.8 Å². The molecule has 0 unspecified atom stereocenters. The minimum absolute atomic E-state index is 0.155. The first-order valence-electron chi connectivity index (χ1n) is 19.3. The maximum Gasteiger partial charge on any atom is 0.488 e. The smallest absolute Gasteiger partial charge is 0.488 e. The van der Waals surface area contributed by atoms with E-state index in [4.69, 9.17) is 34.0 Å². The molecule has 0 spiro atoms. The molecule has 4 aliphatic heterocycles. The van der Waals surface area contributed by atoms with Gasteiger partial charge in [0.1, 0.15) is 26.9 Å². The van der Waals surface area contributed by atoms with Crippen molar-refractivity contribution in [2.24, 2.45) is 9.98 Å². The van der Waals surface area contributed by atoms with Crippen molar-refractivity contribution in [1.82, 2.24) is 9.97 Å². The molecular weight excluding hydrogens is 822 g/mol. The zero-order chi connectivity index (χ0) is 39.8. The van der Waals surface area contributed by atoms with E-state index in [-0.39, 0.29) is 12.2 Å². The number of benzene rings is 2. The molecule has 2 N–H and O–H groups in total. The van der Waals surface area contributed by atoms with Gasteiger partial charge >= 0.3 is 7.12 Å². The number of nitrogens with zero attached hydrogens (tertiary/aromatic N) is 6. The highest BCUT2D eigenvalue weighted by Crippen LogP contribution is 2.32. The van der Waals surface area contributed by atoms with Crippen LogP contribution in [0.25, 0.3) is 0 Å². The Bertz CT molecular complexity index is 2030. The molecule has 0 aliphatic carbocycles. The highest BCUT2D eigenvalue weighted by atomic mass is 127. The molecule has 56 heavy (non-hydrogen) atoms. The molecule has 0 saturated carbocycles. The Morgan fingerprint density at radius 2 is 1.18 bits per heavy atom. The van der Waals surface area contributed by atoms with Crippen LogP contribution in [0.4, 0.5) is 11.6 Å². The number of hydrogen-bond acceptors (Lipinski definition) is 12. The quantitative estimate of drug-likeness (QED) is 0.174. The summed E-state index contributed by atoms with van der Waals surface area (Å²) < 4.78 is 23.5. The summed E-state index contributed by atoms with van der Waals surface area (Å²) in [6.07, 6.45) is 3.83. The lowest BCUT2D eigenvalue weighted by Crippen LogP contribution is -2.38. The van der Waals surface area contributed by atoms with Crippen LogP contribution in [0.3, 0.4) is 0 Å². The third-order valence-corrected chi connectivity index (χ3v) is 10.5. The number of hydrogen-bond donors (Lipinski definition) is 2. The second-order valence-corrected chi connectivity index (χ2v) is 15.6. The summed E-state index contributed by atoms with van der Waals surface area (Å²) in [6.45, 7) is 20.2. The highest BCUT2D eigenvalue weighted by molar-refractivity contribution is 14.1. The van der Waals surface area contributed by atoms with Gasteiger partial charge in [-0.1, -0.05) is 0 Å². The minimum Gasteiger partial charge on any atom is -0.491 e. The monoisotopic (exact) mass is 874 g/mol. The third kappa shape index (κ3) is 10.6. The van der Waals surface area contributed by atoms with E-state index in [1.165, 1.54) is 27.8 Å². The topological polar surface area (TPSA) is 134 Å². The predicted octanol–water partition coefficient (Wildman–Crippen LogP) is 5.44. The summed E-state index contributed by atoms with van der Waals surface area (Å²) in [5.74, 6) is 3.68. The van der Waals surface area contributed by atoms with Crippen LogP contribution < -0.4 is 24.7 Å². The molecule has 296 valence electrons. The van der Waals surface area contributed by atoms with E-state index in [0.717, 1.165) is 96.2 Å². The highest BCUT2D eigenvalue weighted by Gasteiger charge is 2.22. The molecule has 2 aromatic heterocycles. The van der Waals surface area contributed by atoms with Gasteiger partial charge in [-0.3, -0.25) is 9.98 Å². The Morgan fingerprint density at radius 1 is 0.679 bits per heavy atom. The molecular formula is C42H52BIN6O6. The van der Waals surface area contributed by atoms with E-state index in [1.807, 2.05) is 26.1 Å². The Kier molecular flexibility index (Phi) is 14.4. The molecule has 0 atom stereocenters. The number of morpholine rings is 2. The number of fused-ring (bicyclic) bond motifs is 2. The van der Waals surface area contributed by atoms with Crippen molar-refractivity contribution in [3.8, 4) is 11.5 Å². The summed E-state index contributed by atoms with van der Waals surface area (Å²) in [6, 6.07) is 16.1. The number of ether oxygens (including phenoxy) is 4. The summed E-state index contributed by atoms with van der Waals surface area (Å²) in [4.78, 5) is 22.3. The number of aryl methyl sites for hydroxylation is 2. The lowest BCUT2D eigenvalue weighted by atomic mass is 9.81. The first kappa shape index (κ1) is 41.5. The van der Waals surface area contributed by atoms with Gasteiger partial charge in [-0.15, -0.1) is 0 Å². The fraction of sp³-hybridized carbons (Fsp3) is 0.429. The molecule has 6 heterocycles. The van der Waals surface area contributed by atoms with Gasteiger partial charge in [0.25, 0.3) is 0 Å². The fourth-order valence-electron chi connectivity index (χ4n) is 6.76. The van der Waals surface area contributed by atoms with Gasteiger partial charge in [0, 0.05) is 55.3 Å². The lowest BCUT2D eigenvalue weighted by Gasteiger charge is -2.28. The zero-order valence-corrected chi connectivity index (χ0v) is 35.3. The molecule has 14 heteroatoms. The number of halogens is 1. The fourth-order valence-corrected chi connectivity index (χ4v) is 7.43. The SMILES string of the molecule is Cc1cc2c(cc1OC(C)C)C(I)=NC2.Cc1cc2c(cc1OC(C)C)C(c1ccnc(N3CCOCC3)c1)=NC2.OB(O)c1ccnc(N2CCOCC2)c1. The standard InChI is InChI=1S/C21H25N3O2.C12H14INO.C9H13BN2O3/c1-14(2)26-19-12-18-17(10-15(19)3)13-23-21(18)16-4-5-22-20(11-16)24-6-8-25-9-7-24;1-7(2)15-11-5-10-9(4-8(11)3)6-14-12(10)13;13-10(14)8-1-2-11-9(7-8)12-3-5-15-6-4-12/h4-5,10-12,14H,6-9,13H2,1-3H3;4-5,7H,6H2,1-3H3;1-2,7,13-14H,3-6H2. The molecule has 0 radical (unpaired) electrons. The van der Waals surface area contributed by atoms with Gasteiger partial charge < -0.3 is 38.8 Å². The second kappa shape index (κ2) is 19.4. The second-order valence-electron chi connectivity index (χ2n) is 14.6. The van der Waals surface area contributed by atoms with Gasteiger partial charge in [-0.2, -0.15) is 0 Å². The van der Waals surface area contributed by atoms with Gasteiger partial charge in [0.15, 0.2) is 0 Å². The van der Waals surface area contributed by atoms with E-state index in [2.05, 4.69) is 105 Å². The molecule has 0 bridgehead atoms. The van der Waals surface area contributed by atoms with Crippen LogP contribution in [-0.2, 0) is 22.6 Å². The van der Waals surface area contributed by atoms with Crippen molar-refractivity contribution in [1.29, 1.82) is 0 Å². The summed E-state index contributed by atoms with van der Waals surface area (Å²) in [5, 5.41) is 18.1. The number of anilines is 2. The van der Waals surface area contributed by atoms with E-state index >= 15 is 0 Å². The Balaban J connectivity index is 0.000000152. The molecule has 12 nitrogen and oxygen atoms in total. The molecule has 2 aromatic carbocycles. The van der Waals surface area contributed by atoms with E-state index in [9.17, 15) is 0 Å². The van der Waals surface area contributed by atoms with Gasteiger partial charge in [0.05, 0.1) is 57.4 Å². The molecule has 4 aromatic rings. The van der Waals surface area contributed by atoms with Gasteiger partial charge in [0.2, 0.25) is 0 Å². The van der Waals surface area contributed by atoms with Crippen LogP contribution in [0.15, 0.2) is 70.9 Å². The Labute approximate surface area is 344 Å². The van der Waals surface area contributed by atoms with Gasteiger partial charge in [-0.25, -0.2) is 9.97 Å². The average Bonchev–Trinajstić information content (AvgIpc) is 3.77. The number of rotatable bonds is 8. The average molecular weight is 875 g/mol. The van der Waals surface area contributed by atoms with E-state index < -0.39 is 7.12 Å². The normalized spacial score (nSPS) is 15.9. The first-order valence-corrected chi connectivity index (χ1v) is 20.3. The number of aromatic nitrogens is 2. The van der Waals surface area contributed by atoms with Crippen molar-refractivity contribution in [3.63, 3.8) is 0 Å². The van der Waals surface area contributed by atoms with Crippen LogP contribution in [0.5, 0.6) is 11.5 Å². The van der Waals surface area contributed by atoms with Crippen molar-refractivity contribution in [3.05, 3.63) is 99.9 Å². The van der Waals surface area contributed by atoms with E-state index in [1.54, 1.807) is 18.3 Å². The number of aliphatic imine (C=N–C) groups is 2. The summed E-state index contributed by atoms with van der Waals surface area (Å²) in [5.41, 5.74) is 9.95. The molecule has 8 rings (SSSR count). The van der Waals surface area contributed by atoms with Gasteiger partial charge in [-0.05, 0) is 140 Å². The summed E-state index contributed by atoms with van der Waals surface area (Å²) >= 11 is 2.28. The molecule has 2 saturated heterocycles. The third-order valence-electron chi connectivity index (χ3n) is 9.56. The Morgan fingerprint density at radius 3 is 1.73 bits per heavy atom. The maximum atomic E-state index is 9.03. The van der Waals surface area contributed by atoms with Crippen molar-refractivity contribution in [2.75, 3.05) is 62.4 Å². The molecule has 0 amide bonds. The first-order chi connectivity index (χ1) is 27.0. The van der Waals surface area contributed by atoms with Crippen molar-refractivity contribution < 1.29 is 29.0 Å². The van der Waals surface area contributed by atoms with Crippen molar-refractivity contribution >= 4 is 56.2 Å². The predicted molar refractivity (Wildman–Crippen MR) is 232 cm³/mol.